The van der Waals surface area contributed by atoms with Crippen LogP contribution in [0.15, 0.2) is 36.4 Å². The highest BCUT2D eigenvalue weighted by Crippen LogP contribution is 2.32. The number of anilines is 1. The zero-order chi connectivity index (χ0) is 24.6. The number of piperazine rings is 1. The molecular formula is C24H24Cl2F2N4O2. The number of amides is 1. The van der Waals surface area contributed by atoms with E-state index in [1.54, 1.807) is 25.0 Å². The van der Waals surface area contributed by atoms with Gasteiger partial charge in [-0.05, 0) is 38.1 Å². The summed E-state index contributed by atoms with van der Waals surface area (Å²) in [6.45, 7) is 5.47. The fourth-order valence-corrected chi connectivity index (χ4v) is 4.59. The molecule has 10 heteroatoms. The minimum absolute atomic E-state index is 0.0343. The quantitative estimate of drug-likeness (QED) is 0.475. The molecule has 3 aromatic rings. The molecule has 1 fully saturated rings. The Hall–Kier alpha value is -2.84. The molecule has 34 heavy (non-hydrogen) atoms. The van der Waals surface area contributed by atoms with Crippen molar-refractivity contribution in [2.75, 3.05) is 31.6 Å². The predicted molar refractivity (Wildman–Crippen MR) is 129 cm³/mol. The zero-order valence-electron chi connectivity index (χ0n) is 19.0. The highest BCUT2D eigenvalue weighted by molar-refractivity contribution is 6.33. The Bertz CT molecular complexity index is 1230. The van der Waals surface area contributed by atoms with E-state index in [-0.39, 0.29) is 34.8 Å². The van der Waals surface area contributed by atoms with E-state index >= 15 is 0 Å². The molecule has 0 radical (unpaired) electrons. The first-order valence-corrected chi connectivity index (χ1v) is 11.5. The molecule has 6 nitrogen and oxygen atoms in total. The van der Waals surface area contributed by atoms with Gasteiger partial charge in [0.1, 0.15) is 29.6 Å². The molecule has 1 saturated heterocycles. The molecular weight excluding hydrogens is 485 g/mol. The van der Waals surface area contributed by atoms with Gasteiger partial charge in [0.2, 0.25) is 5.91 Å². The van der Waals surface area contributed by atoms with Crippen LogP contribution in [0.1, 0.15) is 12.6 Å². The number of nitrogens with zero attached hydrogens (tertiary/aromatic N) is 4. The Morgan fingerprint density at radius 2 is 1.94 bits per heavy atom. The molecule has 180 valence electrons. The van der Waals surface area contributed by atoms with E-state index in [0.717, 1.165) is 17.8 Å². The number of benzene rings is 2. The molecule has 2 heterocycles. The summed E-state index contributed by atoms with van der Waals surface area (Å²) < 4.78 is 34.3. The monoisotopic (exact) mass is 508 g/mol. The predicted octanol–water partition coefficient (Wildman–Crippen LogP) is 5.19. The third-order valence-corrected chi connectivity index (χ3v) is 6.82. The van der Waals surface area contributed by atoms with Crippen LogP contribution in [0.3, 0.4) is 0 Å². The van der Waals surface area contributed by atoms with Crippen LogP contribution in [-0.2, 0) is 11.3 Å². The van der Waals surface area contributed by atoms with Gasteiger partial charge in [-0.15, -0.1) is 0 Å². The number of carbonyl (C=O) groups excluding carboxylic acids is 1. The Labute approximate surface area is 206 Å². The van der Waals surface area contributed by atoms with Crippen molar-refractivity contribution in [3.8, 4) is 17.0 Å². The van der Waals surface area contributed by atoms with Crippen LogP contribution in [0.2, 0.25) is 10.0 Å². The lowest BCUT2D eigenvalue weighted by atomic mass is 10.1. The number of methoxy groups -OCH3 is 1. The fraction of sp³-hybridized carbons (Fsp3) is 0.333. The zero-order valence-corrected chi connectivity index (χ0v) is 20.5. The van der Waals surface area contributed by atoms with E-state index in [4.69, 9.17) is 27.9 Å². The van der Waals surface area contributed by atoms with Gasteiger partial charge >= 0.3 is 0 Å². The second-order valence-electron chi connectivity index (χ2n) is 8.23. The van der Waals surface area contributed by atoms with Crippen molar-refractivity contribution in [1.29, 1.82) is 0 Å². The summed E-state index contributed by atoms with van der Waals surface area (Å²) in [5, 5.41) is 5.13. The van der Waals surface area contributed by atoms with Crippen molar-refractivity contribution in [3.63, 3.8) is 0 Å². The van der Waals surface area contributed by atoms with Crippen molar-refractivity contribution in [2.24, 2.45) is 0 Å². The first-order valence-electron chi connectivity index (χ1n) is 10.8. The van der Waals surface area contributed by atoms with Gasteiger partial charge in [-0.1, -0.05) is 23.2 Å². The molecule has 2 aromatic carbocycles. The van der Waals surface area contributed by atoms with Crippen LogP contribution >= 0.6 is 23.2 Å². The second kappa shape index (κ2) is 9.80. The maximum atomic E-state index is 14.3. The van der Waals surface area contributed by atoms with E-state index in [9.17, 15) is 13.6 Å². The van der Waals surface area contributed by atoms with Gasteiger partial charge in [-0.2, -0.15) is 5.10 Å². The molecule has 1 aliphatic heterocycles. The van der Waals surface area contributed by atoms with E-state index in [0.29, 0.717) is 36.1 Å². The largest absolute Gasteiger partial charge is 0.495 e. The molecule has 0 bridgehead atoms. The minimum Gasteiger partial charge on any atom is -0.495 e. The Morgan fingerprint density at radius 1 is 1.18 bits per heavy atom. The Morgan fingerprint density at radius 3 is 2.62 bits per heavy atom. The van der Waals surface area contributed by atoms with Crippen LogP contribution in [0.4, 0.5) is 14.5 Å². The number of ether oxygens (including phenoxy) is 1. The number of rotatable bonds is 5. The lowest BCUT2D eigenvalue weighted by Crippen LogP contribution is -2.54. The molecule has 1 amide bonds. The average molecular weight is 509 g/mol. The number of aromatic nitrogens is 2. The molecule has 1 aromatic heterocycles. The van der Waals surface area contributed by atoms with Crippen molar-refractivity contribution >= 4 is 34.8 Å². The normalized spacial score (nSPS) is 16.1. The van der Waals surface area contributed by atoms with Crippen LogP contribution in [0.25, 0.3) is 11.3 Å². The summed E-state index contributed by atoms with van der Waals surface area (Å²) in [6.07, 6.45) is 0. The molecule has 0 spiro atoms. The van der Waals surface area contributed by atoms with Crippen LogP contribution < -0.4 is 9.64 Å². The number of hydrogen-bond acceptors (Lipinski definition) is 4. The van der Waals surface area contributed by atoms with Gasteiger partial charge in [0.05, 0.1) is 22.8 Å². The van der Waals surface area contributed by atoms with Gasteiger partial charge in [0.15, 0.2) is 0 Å². The first-order chi connectivity index (χ1) is 16.2. The molecule has 1 atom stereocenters. The standard InChI is InChI=1S/C24H24Cl2F2N4O2/c1-14-12-30(17-5-7-19(25)21(11-17)34-3)8-9-31(14)22(33)13-32-15(2)23(26)24(29-32)18-6-4-16(27)10-20(18)28/h4-7,10-11,14H,8-9,12-13H2,1-3H3/t14-/m0/s1. The van der Waals surface area contributed by atoms with E-state index in [1.165, 1.54) is 10.7 Å². The maximum Gasteiger partial charge on any atom is 0.244 e. The Balaban J connectivity index is 1.48. The summed E-state index contributed by atoms with van der Waals surface area (Å²) in [5.41, 5.74) is 1.77. The summed E-state index contributed by atoms with van der Waals surface area (Å²) in [4.78, 5) is 17.1. The lowest BCUT2D eigenvalue weighted by molar-refractivity contribution is -0.134. The second-order valence-corrected chi connectivity index (χ2v) is 9.02. The first kappa shape index (κ1) is 24.3. The lowest BCUT2D eigenvalue weighted by Gasteiger charge is -2.41. The summed E-state index contributed by atoms with van der Waals surface area (Å²) in [5.74, 6) is -0.964. The third-order valence-electron chi connectivity index (χ3n) is 6.05. The topological polar surface area (TPSA) is 50.6 Å². The highest BCUT2D eigenvalue weighted by atomic mass is 35.5. The number of hydrogen-bond donors (Lipinski definition) is 0. The summed E-state index contributed by atoms with van der Waals surface area (Å²) in [6, 6.07) is 8.77. The van der Waals surface area contributed by atoms with Gasteiger partial charge in [-0.3, -0.25) is 9.48 Å². The third kappa shape index (κ3) is 4.70. The van der Waals surface area contributed by atoms with Gasteiger partial charge < -0.3 is 14.5 Å². The number of carbonyl (C=O) groups is 1. The highest BCUT2D eigenvalue weighted by Gasteiger charge is 2.29. The van der Waals surface area contributed by atoms with Crippen molar-refractivity contribution in [1.82, 2.24) is 14.7 Å². The van der Waals surface area contributed by atoms with Gasteiger partial charge in [0.25, 0.3) is 0 Å². The van der Waals surface area contributed by atoms with Crippen LogP contribution in [0, 0.1) is 18.6 Å². The van der Waals surface area contributed by atoms with E-state index in [1.807, 2.05) is 19.1 Å². The van der Waals surface area contributed by atoms with Gasteiger partial charge in [-0.25, -0.2) is 8.78 Å². The van der Waals surface area contributed by atoms with E-state index < -0.39 is 11.6 Å². The molecule has 1 aliphatic rings. The minimum atomic E-state index is -0.763. The summed E-state index contributed by atoms with van der Waals surface area (Å²) in [7, 11) is 1.57. The van der Waals surface area contributed by atoms with Crippen molar-refractivity contribution < 1.29 is 18.3 Å². The SMILES string of the molecule is COc1cc(N2CCN(C(=O)Cn3nc(-c4ccc(F)cc4F)c(Cl)c3C)[C@@H](C)C2)ccc1Cl. The average Bonchev–Trinajstić information content (AvgIpc) is 3.07. The molecule has 0 N–H and O–H groups in total. The van der Waals surface area contributed by atoms with E-state index in [2.05, 4.69) is 10.00 Å². The van der Waals surface area contributed by atoms with Crippen LogP contribution in [-0.4, -0.2) is 53.4 Å². The molecule has 0 unspecified atom stereocenters. The fourth-order valence-electron chi connectivity index (χ4n) is 4.16. The molecule has 4 rings (SSSR count). The number of halogens is 4. The van der Waals surface area contributed by atoms with Crippen molar-refractivity contribution in [2.45, 2.75) is 26.4 Å². The van der Waals surface area contributed by atoms with Crippen molar-refractivity contribution in [3.05, 3.63) is 63.8 Å². The summed E-state index contributed by atoms with van der Waals surface area (Å²) >= 11 is 12.5. The van der Waals surface area contributed by atoms with Gasteiger partial charge in [0, 0.05) is 49.1 Å². The maximum absolute atomic E-state index is 14.3. The molecule has 0 aliphatic carbocycles. The smallest absolute Gasteiger partial charge is 0.244 e. The molecule has 0 saturated carbocycles. The Kier molecular flexibility index (Phi) is 7.00. The van der Waals surface area contributed by atoms with Crippen LogP contribution in [0.5, 0.6) is 5.75 Å².